The number of nitrogens with zero attached hydrogens (tertiary/aromatic N) is 3. The number of thiocarbonyl (C=S) groups is 1. The Kier molecular flexibility index (Phi) is 7.48. The van der Waals surface area contributed by atoms with Gasteiger partial charge < -0.3 is 24.8 Å². The molecule has 0 radical (unpaired) electrons. The predicted molar refractivity (Wildman–Crippen MR) is 155 cm³/mol. The summed E-state index contributed by atoms with van der Waals surface area (Å²) in [5.41, 5.74) is 3.23. The van der Waals surface area contributed by atoms with Crippen molar-refractivity contribution >= 4 is 34.6 Å². The maximum Gasteiger partial charge on any atom is 0.418 e. The zero-order valence-corrected chi connectivity index (χ0v) is 23.6. The first kappa shape index (κ1) is 28.2. The highest BCUT2D eigenvalue weighted by Gasteiger charge is 2.43. The van der Waals surface area contributed by atoms with Crippen molar-refractivity contribution < 1.29 is 22.7 Å². The average Bonchev–Trinajstić information content (AvgIpc) is 3.43. The van der Waals surface area contributed by atoms with E-state index in [9.17, 15) is 18.0 Å². The maximum absolute atomic E-state index is 14.0. The Hall–Kier alpha value is -4.38. The molecule has 11 heteroatoms. The van der Waals surface area contributed by atoms with Crippen LogP contribution in [0.25, 0.3) is 5.69 Å². The predicted octanol–water partition coefficient (Wildman–Crippen LogP) is 6.65. The van der Waals surface area contributed by atoms with Gasteiger partial charge in [0.25, 0.3) is 0 Å². The van der Waals surface area contributed by atoms with Crippen LogP contribution >= 0.6 is 12.2 Å². The van der Waals surface area contributed by atoms with Crippen LogP contribution in [0.5, 0.6) is 5.75 Å². The molecular formula is C30H28F3N5O2S. The second-order valence-electron chi connectivity index (χ2n) is 9.74. The van der Waals surface area contributed by atoms with Crippen LogP contribution in [0.3, 0.4) is 0 Å². The number of aryl methyl sites for hydroxylation is 1. The smallest absolute Gasteiger partial charge is 0.418 e. The molecular weight excluding hydrogens is 551 g/mol. The molecule has 2 aromatic heterocycles. The Morgan fingerprint density at radius 2 is 1.80 bits per heavy atom. The van der Waals surface area contributed by atoms with Crippen LogP contribution in [0.4, 0.5) is 24.5 Å². The molecule has 5 rings (SSSR count). The molecule has 1 amide bonds. The number of rotatable bonds is 6. The fraction of sp³-hybridized carbons (Fsp3) is 0.233. The number of ether oxygens (including phenoxy) is 1. The summed E-state index contributed by atoms with van der Waals surface area (Å²) < 4.78 is 49.1. The molecule has 4 aromatic rings. The van der Waals surface area contributed by atoms with E-state index >= 15 is 0 Å². The van der Waals surface area contributed by atoms with E-state index in [0.29, 0.717) is 33.6 Å². The molecule has 0 bridgehead atoms. The molecule has 0 unspecified atom stereocenters. The number of anilines is 2. The van der Waals surface area contributed by atoms with Gasteiger partial charge in [-0.15, -0.1) is 0 Å². The molecule has 2 atom stereocenters. The number of benzene rings is 2. The first-order valence-corrected chi connectivity index (χ1v) is 13.2. The fourth-order valence-corrected chi connectivity index (χ4v) is 5.79. The van der Waals surface area contributed by atoms with Crippen molar-refractivity contribution in [2.45, 2.75) is 39.0 Å². The molecule has 212 valence electrons. The lowest BCUT2D eigenvalue weighted by atomic mass is 9.96. The SMILES string of the molecule is COc1ccc(N2C(=S)N[C@H](c3ccccn3)[C@@H]2c2cc(C)n(-c3ccccc3C(F)(F)F)c2C)cc1NC(C)=O. The molecule has 0 aliphatic carbocycles. The van der Waals surface area contributed by atoms with Gasteiger partial charge in [0.2, 0.25) is 5.91 Å². The van der Waals surface area contributed by atoms with Crippen LogP contribution in [-0.2, 0) is 11.0 Å². The summed E-state index contributed by atoms with van der Waals surface area (Å²) in [6.45, 7) is 5.00. The number of pyridine rings is 1. The summed E-state index contributed by atoms with van der Waals surface area (Å²) >= 11 is 5.83. The van der Waals surface area contributed by atoms with Crippen LogP contribution in [-0.4, -0.2) is 27.7 Å². The van der Waals surface area contributed by atoms with Crippen molar-refractivity contribution in [1.82, 2.24) is 14.9 Å². The summed E-state index contributed by atoms with van der Waals surface area (Å²) in [6.07, 6.45) is -2.84. The van der Waals surface area contributed by atoms with Gasteiger partial charge in [-0.2, -0.15) is 13.2 Å². The van der Waals surface area contributed by atoms with E-state index in [-0.39, 0.29) is 11.6 Å². The zero-order chi connectivity index (χ0) is 29.5. The summed E-state index contributed by atoms with van der Waals surface area (Å²) in [6, 6.07) is 17.4. The molecule has 1 saturated heterocycles. The van der Waals surface area contributed by atoms with Crippen molar-refractivity contribution in [2.24, 2.45) is 0 Å². The minimum absolute atomic E-state index is 0.0492. The number of methoxy groups -OCH3 is 1. The molecule has 1 aliphatic heterocycles. The first-order chi connectivity index (χ1) is 19.5. The van der Waals surface area contributed by atoms with Crippen LogP contribution in [0, 0.1) is 13.8 Å². The monoisotopic (exact) mass is 579 g/mol. The minimum atomic E-state index is -4.53. The largest absolute Gasteiger partial charge is 0.495 e. The van der Waals surface area contributed by atoms with Crippen molar-refractivity contribution in [3.05, 3.63) is 101 Å². The zero-order valence-electron chi connectivity index (χ0n) is 22.8. The Balaban J connectivity index is 1.70. The minimum Gasteiger partial charge on any atom is -0.495 e. The fourth-order valence-electron chi connectivity index (χ4n) is 5.45. The van der Waals surface area contributed by atoms with Crippen molar-refractivity contribution in [3.63, 3.8) is 0 Å². The quantitative estimate of drug-likeness (QED) is 0.249. The van der Waals surface area contributed by atoms with Gasteiger partial charge in [0.05, 0.1) is 41.8 Å². The molecule has 3 heterocycles. The van der Waals surface area contributed by atoms with Crippen molar-refractivity contribution in [1.29, 1.82) is 0 Å². The molecule has 1 fully saturated rings. The first-order valence-electron chi connectivity index (χ1n) is 12.8. The van der Waals surface area contributed by atoms with Gasteiger partial charge in [0, 0.05) is 30.2 Å². The van der Waals surface area contributed by atoms with E-state index in [2.05, 4.69) is 15.6 Å². The van der Waals surface area contributed by atoms with E-state index in [1.807, 2.05) is 35.2 Å². The average molecular weight is 580 g/mol. The second-order valence-corrected chi connectivity index (χ2v) is 10.1. The number of para-hydroxylation sites is 1. The van der Waals surface area contributed by atoms with Gasteiger partial charge >= 0.3 is 6.18 Å². The van der Waals surface area contributed by atoms with Crippen molar-refractivity contribution in [2.75, 3.05) is 17.3 Å². The maximum atomic E-state index is 14.0. The molecule has 1 aliphatic rings. The number of carbonyl (C=O) groups is 1. The third-order valence-corrected chi connectivity index (χ3v) is 7.42. The summed E-state index contributed by atoms with van der Waals surface area (Å²) in [5, 5.41) is 6.57. The highest BCUT2D eigenvalue weighted by molar-refractivity contribution is 7.80. The molecule has 41 heavy (non-hydrogen) atoms. The standard InChI is InChI=1S/C30H28F3N5O2S/c1-17-15-21(18(2)37(17)25-11-6-5-9-22(25)30(31,32)33)28-27(23-10-7-8-14-34-23)36-29(41)38(28)20-12-13-26(40-4)24(16-20)35-19(3)39/h5-16,27-28H,1-4H3,(H,35,39)(H,36,41)/t27-,28+/m1/s1. The lowest BCUT2D eigenvalue weighted by molar-refractivity contribution is -0.137. The number of alkyl halides is 3. The number of nitrogens with one attached hydrogen (secondary N) is 2. The lowest BCUT2D eigenvalue weighted by Crippen LogP contribution is -2.29. The Bertz CT molecular complexity index is 1620. The third-order valence-electron chi connectivity index (χ3n) is 7.11. The van der Waals surface area contributed by atoms with E-state index in [1.54, 1.807) is 42.8 Å². The molecule has 7 nitrogen and oxygen atoms in total. The highest BCUT2D eigenvalue weighted by Crippen LogP contribution is 2.45. The summed E-state index contributed by atoms with van der Waals surface area (Å²) in [4.78, 5) is 18.4. The van der Waals surface area contributed by atoms with Gasteiger partial charge in [-0.1, -0.05) is 18.2 Å². The third kappa shape index (κ3) is 5.24. The van der Waals surface area contributed by atoms with E-state index in [4.69, 9.17) is 17.0 Å². The molecule has 0 spiro atoms. The van der Waals surface area contributed by atoms with Crippen molar-refractivity contribution in [3.8, 4) is 11.4 Å². The number of halogens is 3. The lowest BCUT2D eigenvalue weighted by Gasteiger charge is -2.29. The van der Waals surface area contributed by atoms with Crippen LogP contribution < -0.4 is 20.3 Å². The Morgan fingerprint density at radius 1 is 1.07 bits per heavy atom. The Morgan fingerprint density at radius 3 is 2.46 bits per heavy atom. The van der Waals surface area contributed by atoms with Gasteiger partial charge in [0.15, 0.2) is 5.11 Å². The van der Waals surface area contributed by atoms with Gasteiger partial charge in [0.1, 0.15) is 5.75 Å². The van der Waals surface area contributed by atoms with Gasteiger partial charge in [-0.25, -0.2) is 0 Å². The topological polar surface area (TPSA) is 71.4 Å². The molecule has 2 N–H and O–H groups in total. The van der Waals surface area contributed by atoms with Gasteiger partial charge in [-0.05, 0) is 80.2 Å². The van der Waals surface area contributed by atoms with Gasteiger partial charge in [-0.3, -0.25) is 9.78 Å². The van der Waals surface area contributed by atoms with E-state index < -0.39 is 23.8 Å². The van der Waals surface area contributed by atoms with Crippen LogP contribution in [0.2, 0.25) is 0 Å². The number of amides is 1. The summed E-state index contributed by atoms with van der Waals surface area (Å²) in [7, 11) is 1.51. The normalized spacial score (nSPS) is 17.0. The van der Waals surface area contributed by atoms with E-state index in [0.717, 1.165) is 17.3 Å². The number of carbonyl (C=O) groups excluding carboxylic acids is 1. The van der Waals surface area contributed by atoms with E-state index in [1.165, 1.54) is 26.2 Å². The molecule has 2 aromatic carbocycles. The second kappa shape index (κ2) is 10.9. The highest BCUT2D eigenvalue weighted by atomic mass is 32.1. The number of aromatic nitrogens is 2. The Labute approximate surface area is 241 Å². The van der Waals surface area contributed by atoms with Crippen LogP contribution in [0.15, 0.2) is 72.9 Å². The molecule has 0 saturated carbocycles. The van der Waals surface area contributed by atoms with Crippen LogP contribution in [0.1, 0.15) is 47.2 Å². The number of hydrogen-bond acceptors (Lipinski definition) is 4. The summed E-state index contributed by atoms with van der Waals surface area (Å²) in [5.74, 6) is 0.208. The number of hydrogen-bond donors (Lipinski definition) is 2.